The van der Waals surface area contributed by atoms with Crippen LogP contribution in [0.25, 0.3) is 0 Å². The number of nitrogens with one attached hydrogen (secondary N) is 2. The van der Waals surface area contributed by atoms with Crippen LogP contribution in [-0.2, 0) is 33.1 Å². The Bertz CT molecular complexity index is 994. The Balaban J connectivity index is 1.66. The number of carbonyl (C=O) groups is 1. The van der Waals surface area contributed by atoms with Gasteiger partial charge in [-0.2, -0.15) is 0 Å². The van der Waals surface area contributed by atoms with Gasteiger partial charge in [-0.25, -0.2) is 8.42 Å². The van der Waals surface area contributed by atoms with E-state index in [-0.39, 0.29) is 10.8 Å². The summed E-state index contributed by atoms with van der Waals surface area (Å²) in [7, 11) is -3.66. The van der Waals surface area contributed by atoms with Gasteiger partial charge in [-0.05, 0) is 80.1 Å². The van der Waals surface area contributed by atoms with Gasteiger partial charge in [0, 0.05) is 11.4 Å². The van der Waals surface area contributed by atoms with Crippen molar-refractivity contribution in [1.29, 1.82) is 0 Å². The minimum Gasteiger partial charge on any atom is -0.325 e. The van der Waals surface area contributed by atoms with Gasteiger partial charge < -0.3 is 5.32 Å². The van der Waals surface area contributed by atoms with Crippen LogP contribution in [0.2, 0.25) is 0 Å². The molecule has 0 fully saturated rings. The molecule has 130 valence electrons. The van der Waals surface area contributed by atoms with Gasteiger partial charge in [-0.1, -0.05) is 6.07 Å². The highest BCUT2D eigenvalue weighted by molar-refractivity contribution is 7.92. The maximum atomic E-state index is 12.7. The predicted octanol–water partition coefficient (Wildman–Crippen LogP) is 3.21. The monoisotopic (exact) mass is 356 g/mol. The summed E-state index contributed by atoms with van der Waals surface area (Å²) in [6.45, 7) is 3.65. The van der Waals surface area contributed by atoms with Crippen molar-refractivity contribution in [2.24, 2.45) is 0 Å². The van der Waals surface area contributed by atoms with Crippen LogP contribution in [0.3, 0.4) is 0 Å². The number of amides is 1. The summed E-state index contributed by atoms with van der Waals surface area (Å²) in [4.78, 5) is 12.3. The largest absolute Gasteiger partial charge is 0.325 e. The highest BCUT2D eigenvalue weighted by Crippen LogP contribution is 2.39. The standard InChI is InChI=1S/C19H20N2O3S/c1-19(2)16-11-14(7-9-17(16)20-18(19)22)21-25(23,24)15-8-6-12-4-3-5-13(12)10-15/h6-11,21H,3-5H2,1-2H3,(H,20,22). The number of hydrogen-bond acceptors (Lipinski definition) is 3. The highest BCUT2D eigenvalue weighted by atomic mass is 32.2. The van der Waals surface area contributed by atoms with Crippen LogP contribution < -0.4 is 10.0 Å². The molecule has 1 heterocycles. The van der Waals surface area contributed by atoms with Crippen molar-refractivity contribution in [2.75, 3.05) is 10.0 Å². The zero-order chi connectivity index (χ0) is 17.8. The minimum absolute atomic E-state index is 0.0823. The molecule has 0 atom stereocenters. The molecule has 0 saturated heterocycles. The maximum absolute atomic E-state index is 12.7. The van der Waals surface area contributed by atoms with Gasteiger partial charge in [-0.15, -0.1) is 0 Å². The van der Waals surface area contributed by atoms with E-state index in [4.69, 9.17) is 0 Å². The zero-order valence-corrected chi connectivity index (χ0v) is 15.0. The first-order valence-corrected chi connectivity index (χ1v) is 9.86. The molecule has 0 unspecified atom stereocenters. The Morgan fingerprint density at radius 3 is 2.60 bits per heavy atom. The van der Waals surface area contributed by atoms with Crippen molar-refractivity contribution in [3.63, 3.8) is 0 Å². The topological polar surface area (TPSA) is 75.3 Å². The van der Waals surface area contributed by atoms with Crippen LogP contribution in [-0.4, -0.2) is 14.3 Å². The third-order valence-corrected chi connectivity index (χ3v) is 6.52. The lowest BCUT2D eigenvalue weighted by Gasteiger charge is -2.16. The van der Waals surface area contributed by atoms with Crippen molar-refractivity contribution in [1.82, 2.24) is 0 Å². The van der Waals surface area contributed by atoms with E-state index < -0.39 is 15.4 Å². The first-order valence-electron chi connectivity index (χ1n) is 8.38. The molecule has 0 radical (unpaired) electrons. The van der Waals surface area contributed by atoms with Gasteiger partial charge in [0.05, 0.1) is 10.3 Å². The summed E-state index contributed by atoms with van der Waals surface area (Å²) < 4.78 is 28.1. The lowest BCUT2D eigenvalue weighted by Crippen LogP contribution is -2.26. The van der Waals surface area contributed by atoms with E-state index in [1.165, 1.54) is 5.56 Å². The number of carbonyl (C=O) groups excluding carboxylic acids is 1. The SMILES string of the molecule is CC1(C)C(=O)Nc2ccc(NS(=O)(=O)c3ccc4c(c3)CCC4)cc21. The summed E-state index contributed by atoms with van der Waals surface area (Å²) in [5, 5.41) is 2.82. The van der Waals surface area contributed by atoms with Crippen LogP contribution in [0.4, 0.5) is 11.4 Å². The average Bonchev–Trinajstić information content (AvgIpc) is 3.10. The molecule has 1 aliphatic carbocycles. The van der Waals surface area contributed by atoms with E-state index in [0.717, 1.165) is 36.1 Å². The van der Waals surface area contributed by atoms with Crippen molar-refractivity contribution in [3.8, 4) is 0 Å². The maximum Gasteiger partial charge on any atom is 0.261 e. The summed E-state index contributed by atoms with van der Waals surface area (Å²) in [6, 6.07) is 10.5. The molecule has 2 aromatic rings. The first kappa shape index (κ1) is 16.1. The fourth-order valence-corrected chi connectivity index (χ4v) is 4.66. The van der Waals surface area contributed by atoms with Crippen LogP contribution in [0, 0.1) is 0 Å². The minimum atomic E-state index is -3.66. The van der Waals surface area contributed by atoms with Gasteiger partial charge in [-0.3, -0.25) is 9.52 Å². The first-order chi connectivity index (χ1) is 11.8. The number of aryl methyl sites for hydroxylation is 2. The Labute approximate surface area is 147 Å². The molecule has 2 N–H and O–H groups in total. The van der Waals surface area contributed by atoms with Crippen molar-refractivity contribution < 1.29 is 13.2 Å². The number of benzene rings is 2. The van der Waals surface area contributed by atoms with Crippen LogP contribution in [0.15, 0.2) is 41.3 Å². The molecule has 2 aromatic carbocycles. The second-order valence-electron chi connectivity index (χ2n) is 7.23. The van der Waals surface area contributed by atoms with Crippen molar-refractivity contribution >= 4 is 27.3 Å². The zero-order valence-electron chi connectivity index (χ0n) is 14.2. The Morgan fingerprint density at radius 1 is 1.04 bits per heavy atom. The van der Waals surface area contributed by atoms with E-state index in [1.807, 2.05) is 19.9 Å². The molecule has 0 aromatic heterocycles. The molecule has 4 rings (SSSR count). The number of rotatable bonds is 3. The van der Waals surface area contributed by atoms with E-state index >= 15 is 0 Å². The summed E-state index contributed by atoms with van der Waals surface area (Å²) >= 11 is 0. The third kappa shape index (κ3) is 2.61. The van der Waals surface area contributed by atoms with Crippen molar-refractivity contribution in [3.05, 3.63) is 53.1 Å². The van der Waals surface area contributed by atoms with E-state index in [1.54, 1.807) is 30.3 Å². The Kier molecular flexibility index (Phi) is 3.44. The molecule has 6 heteroatoms. The third-order valence-electron chi connectivity index (χ3n) is 5.14. The highest BCUT2D eigenvalue weighted by Gasteiger charge is 2.38. The number of sulfonamides is 1. The molecule has 25 heavy (non-hydrogen) atoms. The number of anilines is 2. The molecule has 1 aliphatic heterocycles. The van der Waals surface area contributed by atoms with E-state index in [0.29, 0.717) is 5.69 Å². The molecule has 0 bridgehead atoms. The molecule has 0 spiro atoms. The van der Waals surface area contributed by atoms with Crippen LogP contribution in [0.5, 0.6) is 0 Å². The number of fused-ring (bicyclic) bond motifs is 2. The van der Waals surface area contributed by atoms with Crippen LogP contribution in [0.1, 0.15) is 37.0 Å². The molecule has 2 aliphatic rings. The van der Waals surface area contributed by atoms with Gasteiger partial charge in [0.25, 0.3) is 10.0 Å². The molecule has 0 saturated carbocycles. The molecular formula is C19H20N2O3S. The quantitative estimate of drug-likeness (QED) is 0.887. The fraction of sp³-hybridized carbons (Fsp3) is 0.316. The summed E-state index contributed by atoms with van der Waals surface area (Å²) in [5.74, 6) is -0.0823. The second kappa shape index (κ2) is 5.33. The molecule has 5 nitrogen and oxygen atoms in total. The molecular weight excluding hydrogens is 336 g/mol. The Hall–Kier alpha value is -2.34. The lowest BCUT2D eigenvalue weighted by molar-refractivity contribution is -0.119. The van der Waals surface area contributed by atoms with Gasteiger partial charge in [0.1, 0.15) is 0 Å². The average molecular weight is 356 g/mol. The summed E-state index contributed by atoms with van der Waals surface area (Å²) in [5.41, 5.74) is 3.67. The summed E-state index contributed by atoms with van der Waals surface area (Å²) in [6.07, 6.45) is 3.02. The predicted molar refractivity (Wildman–Crippen MR) is 97.4 cm³/mol. The smallest absolute Gasteiger partial charge is 0.261 e. The van der Waals surface area contributed by atoms with Crippen LogP contribution >= 0.6 is 0 Å². The van der Waals surface area contributed by atoms with E-state index in [9.17, 15) is 13.2 Å². The van der Waals surface area contributed by atoms with Gasteiger partial charge >= 0.3 is 0 Å². The lowest BCUT2D eigenvalue weighted by atomic mass is 9.86. The van der Waals surface area contributed by atoms with Crippen molar-refractivity contribution in [2.45, 2.75) is 43.4 Å². The van der Waals surface area contributed by atoms with Gasteiger partial charge in [0.15, 0.2) is 0 Å². The fourth-order valence-electron chi connectivity index (χ4n) is 3.56. The van der Waals surface area contributed by atoms with Gasteiger partial charge in [0.2, 0.25) is 5.91 Å². The van der Waals surface area contributed by atoms with E-state index in [2.05, 4.69) is 10.0 Å². The number of hydrogen-bond donors (Lipinski definition) is 2. The second-order valence-corrected chi connectivity index (χ2v) is 8.91. The normalized spacial score (nSPS) is 17.8. The Morgan fingerprint density at radius 2 is 1.80 bits per heavy atom. The molecule has 1 amide bonds.